The highest BCUT2D eigenvalue weighted by atomic mass is 19.4. The maximum atomic E-state index is 12.0. The molecule has 1 aromatic rings. The van der Waals surface area contributed by atoms with E-state index in [2.05, 4.69) is 4.74 Å². The summed E-state index contributed by atoms with van der Waals surface area (Å²) in [7, 11) is 0. The Balaban J connectivity index is 2.45. The van der Waals surface area contributed by atoms with E-state index in [1.165, 1.54) is 24.3 Å². The first-order valence-corrected chi connectivity index (χ1v) is 5.93. The minimum atomic E-state index is -4.67. The van der Waals surface area contributed by atoms with Crippen molar-refractivity contribution in [2.24, 2.45) is 5.73 Å². The van der Waals surface area contributed by atoms with Crippen LogP contribution >= 0.6 is 0 Å². The van der Waals surface area contributed by atoms with Crippen LogP contribution in [0.25, 0.3) is 0 Å². The number of alkyl halides is 3. The zero-order chi connectivity index (χ0) is 14.5. The molecule has 0 aliphatic carbocycles. The Kier molecular flexibility index (Phi) is 5.20. The summed E-state index contributed by atoms with van der Waals surface area (Å²) in [5.74, 6) is -0.242. The molecule has 0 bridgehead atoms. The summed E-state index contributed by atoms with van der Waals surface area (Å²) < 4.78 is 45.1. The number of ether oxygens (including phenoxy) is 2. The van der Waals surface area contributed by atoms with Gasteiger partial charge in [0.1, 0.15) is 5.75 Å². The fraction of sp³-hybridized carbons (Fsp3) is 0.538. The summed E-state index contributed by atoms with van der Waals surface area (Å²) in [5.41, 5.74) is 6.28. The largest absolute Gasteiger partial charge is 0.573 e. The molecule has 3 nitrogen and oxygen atoms in total. The third-order valence-corrected chi connectivity index (χ3v) is 2.67. The highest BCUT2D eigenvalue weighted by Crippen LogP contribution is 2.22. The lowest BCUT2D eigenvalue weighted by Crippen LogP contribution is -2.40. The van der Waals surface area contributed by atoms with Crippen molar-refractivity contribution in [2.45, 2.75) is 38.8 Å². The van der Waals surface area contributed by atoms with Crippen LogP contribution < -0.4 is 10.5 Å². The zero-order valence-electron chi connectivity index (χ0n) is 11.0. The molecule has 0 aliphatic heterocycles. The third kappa shape index (κ3) is 6.45. The van der Waals surface area contributed by atoms with E-state index >= 15 is 0 Å². The van der Waals surface area contributed by atoms with E-state index in [-0.39, 0.29) is 11.3 Å². The van der Waals surface area contributed by atoms with E-state index in [9.17, 15) is 13.2 Å². The molecule has 0 saturated carbocycles. The highest BCUT2D eigenvalue weighted by Gasteiger charge is 2.30. The van der Waals surface area contributed by atoms with Crippen molar-refractivity contribution in [2.75, 3.05) is 6.61 Å². The number of halogens is 3. The Hall–Kier alpha value is -1.27. The Morgan fingerprint density at radius 1 is 1.16 bits per heavy atom. The van der Waals surface area contributed by atoms with E-state index in [0.717, 1.165) is 12.0 Å². The normalized spacial score (nSPS) is 15.1. The second-order valence-corrected chi connectivity index (χ2v) is 4.69. The topological polar surface area (TPSA) is 44.5 Å². The van der Waals surface area contributed by atoms with Gasteiger partial charge in [0, 0.05) is 5.54 Å². The Morgan fingerprint density at radius 3 is 2.21 bits per heavy atom. The summed E-state index contributed by atoms with van der Waals surface area (Å²) in [4.78, 5) is 0. The average molecular weight is 277 g/mol. The van der Waals surface area contributed by atoms with Crippen molar-refractivity contribution in [1.82, 2.24) is 0 Å². The van der Waals surface area contributed by atoms with Crippen LogP contribution in [0.3, 0.4) is 0 Å². The maximum Gasteiger partial charge on any atom is 0.573 e. The van der Waals surface area contributed by atoms with Gasteiger partial charge in [0.05, 0.1) is 13.2 Å². The lowest BCUT2D eigenvalue weighted by Gasteiger charge is -2.22. The predicted octanol–water partition coefficient (Wildman–Crippen LogP) is 3.23. The van der Waals surface area contributed by atoms with Crippen LogP contribution in [-0.4, -0.2) is 18.5 Å². The number of hydrogen-bond acceptors (Lipinski definition) is 3. The van der Waals surface area contributed by atoms with Crippen LogP contribution in [0.2, 0.25) is 0 Å². The van der Waals surface area contributed by atoms with E-state index in [1.54, 1.807) is 0 Å². The molecule has 1 atom stereocenters. The van der Waals surface area contributed by atoms with Crippen LogP contribution in [0.5, 0.6) is 5.75 Å². The molecule has 2 N–H and O–H groups in total. The molecule has 19 heavy (non-hydrogen) atoms. The number of nitrogens with two attached hydrogens (primary N) is 1. The van der Waals surface area contributed by atoms with Crippen molar-refractivity contribution in [3.05, 3.63) is 29.8 Å². The Bertz CT molecular complexity index is 388. The van der Waals surface area contributed by atoms with Gasteiger partial charge in [0.15, 0.2) is 0 Å². The van der Waals surface area contributed by atoms with Gasteiger partial charge >= 0.3 is 6.36 Å². The smallest absolute Gasteiger partial charge is 0.406 e. The van der Waals surface area contributed by atoms with Crippen LogP contribution in [0.1, 0.15) is 25.8 Å². The minimum Gasteiger partial charge on any atom is -0.406 e. The highest BCUT2D eigenvalue weighted by molar-refractivity contribution is 5.27. The van der Waals surface area contributed by atoms with Gasteiger partial charge in [-0.3, -0.25) is 0 Å². The second-order valence-electron chi connectivity index (χ2n) is 4.69. The molecule has 0 saturated heterocycles. The Morgan fingerprint density at radius 2 is 1.74 bits per heavy atom. The van der Waals surface area contributed by atoms with E-state index in [4.69, 9.17) is 10.5 Å². The lowest BCUT2D eigenvalue weighted by atomic mass is 10.0. The fourth-order valence-corrected chi connectivity index (χ4v) is 1.29. The molecular weight excluding hydrogens is 259 g/mol. The molecule has 108 valence electrons. The molecule has 0 amide bonds. The zero-order valence-corrected chi connectivity index (χ0v) is 11.0. The van der Waals surface area contributed by atoms with Crippen molar-refractivity contribution in [1.29, 1.82) is 0 Å². The summed E-state index contributed by atoms with van der Waals surface area (Å²) in [6.45, 7) is 4.54. The van der Waals surface area contributed by atoms with E-state index in [1.807, 2.05) is 13.8 Å². The van der Waals surface area contributed by atoms with Gasteiger partial charge in [0.25, 0.3) is 0 Å². The molecule has 0 fully saturated rings. The standard InChI is InChI=1S/C13H18F3NO2/c1-3-12(2,17)9-18-8-10-4-6-11(7-5-10)19-13(14,15)16/h4-7H,3,8-9,17H2,1-2H3. The summed E-state index contributed by atoms with van der Waals surface area (Å²) >= 11 is 0. The van der Waals surface area contributed by atoms with Crippen LogP contribution in [-0.2, 0) is 11.3 Å². The molecule has 6 heteroatoms. The molecule has 1 unspecified atom stereocenters. The molecule has 0 spiro atoms. The van der Waals surface area contributed by atoms with Gasteiger partial charge < -0.3 is 15.2 Å². The van der Waals surface area contributed by atoms with E-state index < -0.39 is 6.36 Å². The number of rotatable bonds is 6. The van der Waals surface area contributed by atoms with Gasteiger partial charge in [-0.15, -0.1) is 13.2 Å². The third-order valence-electron chi connectivity index (χ3n) is 2.67. The van der Waals surface area contributed by atoms with Crippen LogP contribution in [0.4, 0.5) is 13.2 Å². The lowest BCUT2D eigenvalue weighted by molar-refractivity contribution is -0.274. The quantitative estimate of drug-likeness (QED) is 0.868. The minimum absolute atomic E-state index is 0.242. The SMILES string of the molecule is CCC(C)(N)COCc1ccc(OC(F)(F)F)cc1. The van der Waals surface area contributed by atoms with Gasteiger partial charge in [-0.05, 0) is 31.0 Å². The van der Waals surface area contributed by atoms with Gasteiger partial charge in [-0.2, -0.15) is 0 Å². The monoisotopic (exact) mass is 277 g/mol. The van der Waals surface area contributed by atoms with Crippen molar-refractivity contribution < 1.29 is 22.6 Å². The van der Waals surface area contributed by atoms with Crippen LogP contribution in [0, 0.1) is 0 Å². The van der Waals surface area contributed by atoms with Crippen molar-refractivity contribution in [3.63, 3.8) is 0 Å². The molecule has 0 radical (unpaired) electrons. The number of hydrogen-bond donors (Lipinski definition) is 1. The van der Waals surface area contributed by atoms with Crippen molar-refractivity contribution in [3.8, 4) is 5.75 Å². The summed E-state index contributed by atoms with van der Waals surface area (Å²) in [6, 6.07) is 5.57. The first-order valence-electron chi connectivity index (χ1n) is 5.93. The van der Waals surface area contributed by atoms with Crippen LogP contribution in [0.15, 0.2) is 24.3 Å². The molecule has 1 aromatic carbocycles. The molecule has 0 aromatic heterocycles. The maximum absolute atomic E-state index is 12.0. The predicted molar refractivity (Wildman–Crippen MR) is 65.7 cm³/mol. The first-order chi connectivity index (χ1) is 8.72. The number of benzene rings is 1. The average Bonchev–Trinajstić information content (AvgIpc) is 2.29. The Labute approximate surface area is 110 Å². The molecule has 0 heterocycles. The van der Waals surface area contributed by atoms with Gasteiger partial charge in [-0.25, -0.2) is 0 Å². The second kappa shape index (κ2) is 6.25. The summed E-state index contributed by atoms with van der Waals surface area (Å²) in [6.07, 6.45) is -3.88. The first kappa shape index (κ1) is 15.8. The van der Waals surface area contributed by atoms with Gasteiger partial charge in [0.2, 0.25) is 0 Å². The van der Waals surface area contributed by atoms with Gasteiger partial charge in [-0.1, -0.05) is 19.1 Å². The molecular formula is C13H18F3NO2. The van der Waals surface area contributed by atoms with Crippen molar-refractivity contribution >= 4 is 0 Å². The fourth-order valence-electron chi connectivity index (χ4n) is 1.29. The molecule has 1 rings (SSSR count). The van der Waals surface area contributed by atoms with E-state index in [0.29, 0.717) is 13.2 Å². The summed E-state index contributed by atoms with van der Waals surface area (Å²) in [5, 5.41) is 0. The molecule has 0 aliphatic rings.